The Kier molecular flexibility index (Phi) is 4.65. The fourth-order valence-electron chi connectivity index (χ4n) is 1.31. The molecule has 0 saturated carbocycles. The third kappa shape index (κ3) is 4.41. The lowest BCUT2D eigenvalue weighted by atomic mass is 9.97. The maximum Gasteiger partial charge on any atom is 0.416 e. The van der Waals surface area contributed by atoms with Gasteiger partial charge >= 0.3 is 12.2 Å². The Labute approximate surface area is 115 Å². The van der Waals surface area contributed by atoms with Crippen LogP contribution in [0.15, 0.2) is 24.3 Å². The molecule has 0 saturated heterocycles. The summed E-state index contributed by atoms with van der Waals surface area (Å²) in [5, 5.41) is 5.11. The summed E-state index contributed by atoms with van der Waals surface area (Å²) in [7, 11) is 0. The van der Waals surface area contributed by atoms with Gasteiger partial charge < -0.3 is 16.4 Å². The Hall–Kier alpha value is -1.76. The summed E-state index contributed by atoms with van der Waals surface area (Å²) in [6.07, 6.45) is -4.39. The first kappa shape index (κ1) is 16.3. The molecule has 112 valence electrons. The highest BCUT2D eigenvalue weighted by Gasteiger charge is 2.30. The molecule has 0 aliphatic rings. The first-order valence-corrected chi connectivity index (χ1v) is 6.04. The van der Waals surface area contributed by atoms with Crippen molar-refractivity contribution in [2.45, 2.75) is 38.5 Å². The van der Waals surface area contributed by atoms with Gasteiger partial charge in [-0.3, -0.25) is 0 Å². The van der Waals surface area contributed by atoms with Crippen LogP contribution in [0.2, 0.25) is 0 Å². The second-order valence-corrected chi connectivity index (χ2v) is 5.16. The maximum atomic E-state index is 12.4. The molecule has 1 aromatic rings. The normalized spacial score (nSPS) is 13.8. The largest absolute Gasteiger partial charge is 0.416 e. The molecule has 0 aliphatic carbocycles. The minimum absolute atomic E-state index is 0.274. The van der Waals surface area contributed by atoms with E-state index in [9.17, 15) is 18.0 Å². The molecule has 4 nitrogen and oxygen atoms in total. The topological polar surface area (TPSA) is 67.1 Å². The molecule has 0 fully saturated rings. The van der Waals surface area contributed by atoms with Crippen molar-refractivity contribution in [1.82, 2.24) is 5.32 Å². The molecule has 1 rings (SSSR count). The molecule has 0 heterocycles. The van der Waals surface area contributed by atoms with Crippen LogP contribution in [0.4, 0.5) is 23.7 Å². The fraction of sp³-hybridized carbons (Fsp3) is 0.462. The van der Waals surface area contributed by atoms with E-state index in [4.69, 9.17) is 5.73 Å². The van der Waals surface area contributed by atoms with Crippen molar-refractivity contribution in [3.05, 3.63) is 29.8 Å². The lowest BCUT2D eigenvalue weighted by molar-refractivity contribution is -0.137. The molecule has 4 N–H and O–H groups in total. The van der Waals surface area contributed by atoms with Gasteiger partial charge in [0.15, 0.2) is 0 Å². The molecule has 0 aromatic heterocycles. The van der Waals surface area contributed by atoms with Crippen molar-refractivity contribution in [3.63, 3.8) is 0 Å². The third-order valence-electron chi connectivity index (χ3n) is 3.04. The second-order valence-electron chi connectivity index (χ2n) is 5.16. The highest BCUT2D eigenvalue weighted by atomic mass is 19.4. The first-order chi connectivity index (χ1) is 9.02. The second kappa shape index (κ2) is 5.70. The van der Waals surface area contributed by atoms with E-state index in [0.717, 1.165) is 12.1 Å². The minimum Gasteiger partial charge on any atom is -0.331 e. The van der Waals surface area contributed by atoms with Crippen molar-refractivity contribution in [3.8, 4) is 0 Å². The van der Waals surface area contributed by atoms with Crippen molar-refractivity contribution in [2.24, 2.45) is 5.73 Å². The summed E-state index contributed by atoms with van der Waals surface area (Å²) in [5.41, 5.74) is 4.59. The minimum atomic E-state index is -4.39. The van der Waals surface area contributed by atoms with Gasteiger partial charge in [-0.1, -0.05) is 0 Å². The van der Waals surface area contributed by atoms with Crippen molar-refractivity contribution < 1.29 is 18.0 Å². The molecule has 20 heavy (non-hydrogen) atoms. The Morgan fingerprint density at radius 1 is 1.20 bits per heavy atom. The van der Waals surface area contributed by atoms with Crippen LogP contribution in [-0.2, 0) is 6.18 Å². The van der Waals surface area contributed by atoms with Gasteiger partial charge in [0.1, 0.15) is 0 Å². The van der Waals surface area contributed by atoms with Crippen LogP contribution < -0.4 is 16.4 Å². The van der Waals surface area contributed by atoms with Gasteiger partial charge in [0, 0.05) is 11.7 Å². The Balaban J connectivity index is 2.68. The number of hydrogen-bond acceptors (Lipinski definition) is 2. The highest BCUT2D eigenvalue weighted by molar-refractivity contribution is 5.89. The summed E-state index contributed by atoms with van der Waals surface area (Å²) in [5.74, 6) is 0. The van der Waals surface area contributed by atoms with Crippen LogP contribution in [0.1, 0.15) is 26.3 Å². The lowest BCUT2D eigenvalue weighted by Crippen LogP contribution is -2.55. The van der Waals surface area contributed by atoms with Gasteiger partial charge in [0.05, 0.1) is 11.1 Å². The highest BCUT2D eigenvalue weighted by Crippen LogP contribution is 2.29. The Bertz CT molecular complexity index is 467. The Morgan fingerprint density at radius 2 is 1.70 bits per heavy atom. The van der Waals surface area contributed by atoms with Crippen LogP contribution in [0.25, 0.3) is 0 Å². The number of urea groups is 1. The predicted molar refractivity (Wildman–Crippen MR) is 71.3 cm³/mol. The summed E-state index contributed by atoms with van der Waals surface area (Å²) >= 11 is 0. The number of alkyl halides is 3. The number of nitrogens with two attached hydrogens (primary N) is 1. The molecule has 0 aliphatic heterocycles. The summed E-state index contributed by atoms with van der Waals surface area (Å²) in [4.78, 5) is 11.7. The van der Waals surface area contributed by atoms with E-state index >= 15 is 0 Å². The third-order valence-corrected chi connectivity index (χ3v) is 3.04. The molecule has 1 atom stereocenters. The first-order valence-electron chi connectivity index (χ1n) is 6.04. The predicted octanol–water partition coefficient (Wildman–Crippen LogP) is 2.95. The van der Waals surface area contributed by atoms with Gasteiger partial charge in [0.2, 0.25) is 0 Å². The molecule has 0 spiro atoms. The summed E-state index contributed by atoms with van der Waals surface area (Å²) in [6, 6.07) is 3.41. The van der Waals surface area contributed by atoms with E-state index in [1.54, 1.807) is 20.8 Å². The van der Waals surface area contributed by atoms with E-state index in [0.29, 0.717) is 0 Å². The standard InChI is InChI=1S/C13H18F3N3O/c1-8(17)12(2,3)19-11(20)18-10-6-4-9(5-7-10)13(14,15)16/h4-8H,17H2,1-3H3,(H2,18,19,20). The van der Waals surface area contributed by atoms with Crippen LogP contribution in [0.3, 0.4) is 0 Å². The van der Waals surface area contributed by atoms with Crippen LogP contribution in [0, 0.1) is 0 Å². The van der Waals surface area contributed by atoms with Gasteiger partial charge in [0.25, 0.3) is 0 Å². The van der Waals surface area contributed by atoms with Crippen LogP contribution in [0.5, 0.6) is 0 Å². The Morgan fingerprint density at radius 3 is 2.10 bits per heavy atom. The van der Waals surface area contributed by atoms with Crippen LogP contribution >= 0.6 is 0 Å². The monoisotopic (exact) mass is 289 g/mol. The van der Waals surface area contributed by atoms with E-state index in [2.05, 4.69) is 10.6 Å². The number of rotatable bonds is 3. The molecule has 7 heteroatoms. The molecule has 2 amide bonds. The zero-order valence-electron chi connectivity index (χ0n) is 11.5. The smallest absolute Gasteiger partial charge is 0.331 e. The average molecular weight is 289 g/mol. The van der Waals surface area contributed by atoms with Gasteiger partial charge in [-0.2, -0.15) is 13.2 Å². The molecule has 0 bridgehead atoms. The summed E-state index contributed by atoms with van der Waals surface area (Å²) in [6.45, 7) is 5.26. The number of amides is 2. The zero-order chi connectivity index (χ0) is 15.6. The number of anilines is 1. The SMILES string of the molecule is CC(N)C(C)(C)NC(=O)Nc1ccc(C(F)(F)F)cc1. The number of hydrogen-bond donors (Lipinski definition) is 3. The number of carbonyl (C=O) groups excluding carboxylic acids is 1. The molecule has 1 unspecified atom stereocenters. The molecular formula is C13H18F3N3O. The van der Waals surface area contributed by atoms with E-state index < -0.39 is 23.3 Å². The van der Waals surface area contributed by atoms with Gasteiger partial charge in [-0.25, -0.2) is 4.79 Å². The van der Waals surface area contributed by atoms with Crippen molar-refractivity contribution in [2.75, 3.05) is 5.32 Å². The van der Waals surface area contributed by atoms with Crippen molar-refractivity contribution >= 4 is 11.7 Å². The average Bonchev–Trinajstić information content (AvgIpc) is 2.27. The quantitative estimate of drug-likeness (QED) is 0.801. The number of benzene rings is 1. The summed E-state index contributed by atoms with van der Waals surface area (Å²) < 4.78 is 37.1. The number of halogens is 3. The number of carbonyl (C=O) groups is 1. The van der Waals surface area contributed by atoms with Gasteiger partial charge in [-0.15, -0.1) is 0 Å². The number of nitrogens with one attached hydrogen (secondary N) is 2. The molecule has 0 radical (unpaired) electrons. The van der Waals surface area contributed by atoms with E-state index in [1.807, 2.05) is 0 Å². The van der Waals surface area contributed by atoms with Crippen LogP contribution in [-0.4, -0.2) is 17.6 Å². The fourth-order valence-corrected chi connectivity index (χ4v) is 1.31. The van der Waals surface area contributed by atoms with Gasteiger partial charge in [-0.05, 0) is 45.0 Å². The maximum absolute atomic E-state index is 12.4. The lowest BCUT2D eigenvalue weighted by Gasteiger charge is -2.30. The zero-order valence-corrected chi connectivity index (χ0v) is 11.5. The molecular weight excluding hydrogens is 271 g/mol. The van der Waals surface area contributed by atoms with Crippen molar-refractivity contribution in [1.29, 1.82) is 0 Å². The van der Waals surface area contributed by atoms with E-state index in [-0.39, 0.29) is 11.7 Å². The molecule has 1 aromatic carbocycles. The van der Waals surface area contributed by atoms with E-state index in [1.165, 1.54) is 12.1 Å².